The van der Waals surface area contributed by atoms with E-state index in [1.807, 2.05) is 0 Å². The number of aromatic amines is 1. The molecule has 0 unspecified atom stereocenters. The first-order valence-electron chi connectivity index (χ1n) is 6.26. The zero-order valence-electron chi connectivity index (χ0n) is 11.4. The monoisotopic (exact) mass is 321 g/mol. The minimum Gasteiger partial charge on any atom is -0.480 e. The van der Waals surface area contributed by atoms with Crippen LogP contribution in [0.15, 0.2) is 24.4 Å². The van der Waals surface area contributed by atoms with E-state index in [0.29, 0.717) is 10.9 Å². The Morgan fingerprint density at radius 3 is 1.65 bits per heavy atom. The highest BCUT2D eigenvalue weighted by atomic mass is 16.4. The fourth-order valence-corrected chi connectivity index (χ4v) is 2.38. The van der Waals surface area contributed by atoms with Crippen LogP contribution in [0.5, 0.6) is 0 Å². The predicted molar refractivity (Wildman–Crippen MR) is 74.3 cm³/mol. The van der Waals surface area contributed by atoms with Crippen molar-refractivity contribution in [3.63, 3.8) is 0 Å². The molecule has 1 aromatic heterocycles. The SMILES string of the molecule is O=C(O)C(C(=O)O)c1cc2cc[nH]c2cc1C(C(=O)O)C(=O)O. The highest BCUT2D eigenvalue weighted by Gasteiger charge is 2.37. The summed E-state index contributed by atoms with van der Waals surface area (Å²) in [4.78, 5) is 47.7. The van der Waals surface area contributed by atoms with Crippen LogP contribution in [-0.2, 0) is 19.2 Å². The number of carboxylic acids is 4. The van der Waals surface area contributed by atoms with Gasteiger partial charge in [0.1, 0.15) is 0 Å². The molecule has 0 spiro atoms. The number of rotatable bonds is 6. The third-order valence-corrected chi connectivity index (χ3v) is 3.37. The predicted octanol–water partition coefficient (Wildman–Crippen LogP) is 0.674. The zero-order valence-corrected chi connectivity index (χ0v) is 11.4. The summed E-state index contributed by atoms with van der Waals surface area (Å²) in [5, 5.41) is 36.9. The second-order valence-corrected chi connectivity index (χ2v) is 4.77. The first kappa shape index (κ1) is 16.0. The van der Waals surface area contributed by atoms with Gasteiger partial charge in [0.15, 0.2) is 11.8 Å². The molecule has 0 aliphatic rings. The summed E-state index contributed by atoms with van der Waals surface area (Å²) < 4.78 is 0. The Kier molecular flexibility index (Phi) is 4.04. The Labute approximate surface area is 127 Å². The Balaban J connectivity index is 2.81. The van der Waals surface area contributed by atoms with E-state index < -0.39 is 41.3 Å². The molecule has 2 aromatic rings. The van der Waals surface area contributed by atoms with Gasteiger partial charge in [-0.1, -0.05) is 0 Å². The summed E-state index contributed by atoms with van der Waals surface area (Å²) in [5.41, 5.74) is -0.410. The van der Waals surface area contributed by atoms with Crippen LogP contribution in [0.25, 0.3) is 10.9 Å². The smallest absolute Gasteiger partial charge is 0.322 e. The van der Waals surface area contributed by atoms with Crippen LogP contribution >= 0.6 is 0 Å². The summed E-state index contributed by atoms with van der Waals surface area (Å²) in [5.74, 6) is -11.0. The van der Waals surface area contributed by atoms with Crippen molar-refractivity contribution in [2.24, 2.45) is 0 Å². The van der Waals surface area contributed by atoms with E-state index in [-0.39, 0.29) is 5.56 Å². The van der Waals surface area contributed by atoms with Gasteiger partial charge in [0.25, 0.3) is 0 Å². The number of H-pyrrole nitrogens is 1. The number of hydrogen-bond acceptors (Lipinski definition) is 4. The van der Waals surface area contributed by atoms with Crippen LogP contribution in [0, 0.1) is 0 Å². The maximum atomic E-state index is 11.2. The second-order valence-electron chi connectivity index (χ2n) is 4.77. The lowest BCUT2D eigenvalue weighted by atomic mass is 9.86. The summed E-state index contributed by atoms with van der Waals surface area (Å²) in [7, 11) is 0. The molecule has 0 aliphatic carbocycles. The molecule has 0 fully saturated rings. The van der Waals surface area contributed by atoms with E-state index in [2.05, 4.69) is 4.98 Å². The molecule has 0 saturated heterocycles. The van der Waals surface area contributed by atoms with Gasteiger partial charge in [-0.25, -0.2) is 0 Å². The molecule has 0 bridgehead atoms. The molecular weight excluding hydrogens is 310 g/mol. The van der Waals surface area contributed by atoms with Crippen molar-refractivity contribution in [1.82, 2.24) is 4.98 Å². The molecule has 120 valence electrons. The molecule has 0 atom stereocenters. The molecule has 2 rings (SSSR count). The van der Waals surface area contributed by atoms with Crippen molar-refractivity contribution in [1.29, 1.82) is 0 Å². The first-order valence-corrected chi connectivity index (χ1v) is 6.26. The molecule has 5 N–H and O–H groups in total. The number of fused-ring (bicyclic) bond motifs is 1. The van der Waals surface area contributed by atoms with E-state index in [4.69, 9.17) is 20.4 Å². The molecule has 9 nitrogen and oxygen atoms in total. The minimum absolute atomic E-state index is 0.366. The van der Waals surface area contributed by atoms with Gasteiger partial charge in [-0.2, -0.15) is 0 Å². The fraction of sp³-hybridized carbons (Fsp3) is 0.143. The fourth-order valence-electron chi connectivity index (χ4n) is 2.38. The minimum atomic E-state index is -2.08. The Hall–Kier alpha value is -3.36. The number of aliphatic carboxylic acids is 4. The van der Waals surface area contributed by atoms with Crippen LogP contribution in [0.2, 0.25) is 0 Å². The van der Waals surface area contributed by atoms with Crippen molar-refractivity contribution < 1.29 is 39.6 Å². The molecule has 0 radical (unpaired) electrons. The van der Waals surface area contributed by atoms with Gasteiger partial charge in [-0.3, -0.25) is 19.2 Å². The molecule has 1 heterocycles. The molecule has 0 amide bonds. The summed E-state index contributed by atoms with van der Waals surface area (Å²) in [6, 6.07) is 3.85. The molecular formula is C14H11NO8. The largest absolute Gasteiger partial charge is 0.480 e. The van der Waals surface area contributed by atoms with Crippen LogP contribution in [0.1, 0.15) is 23.0 Å². The van der Waals surface area contributed by atoms with Crippen molar-refractivity contribution in [2.45, 2.75) is 11.8 Å². The normalized spacial score (nSPS) is 11.0. The van der Waals surface area contributed by atoms with E-state index in [1.165, 1.54) is 18.3 Å². The van der Waals surface area contributed by atoms with Gasteiger partial charge in [0.05, 0.1) is 0 Å². The lowest BCUT2D eigenvalue weighted by Crippen LogP contribution is -2.27. The summed E-state index contributed by atoms with van der Waals surface area (Å²) in [6.45, 7) is 0. The number of carboxylic acid groups (broad SMARTS) is 4. The van der Waals surface area contributed by atoms with Gasteiger partial charge in [0, 0.05) is 11.7 Å². The number of hydrogen-bond donors (Lipinski definition) is 5. The maximum Gasteiger partial charge on any atom is 0.322 e. The third kappa shape index (κ3) is 2.84. The van der Waals surface area contributed by atoms with E-state index >= 15 is 0 Å². The lowest BCUT2D eigenvalue weighted by Gasteiger charge is -2.17. The molecule has 0 aliphatic heterocycles. The van der Waals surface area contributed by atoms with Gasteiger partial charge in [-0.05, 0) is 34.7 Å². The van der Waals surface area contributed by atoms with Gasteiger partial charge < -0.3 is 25.4 Å². The molecule has 0 saturated carbocycles. The first-order chi connectivity index (χ1) is 10.7. The van der Waals surface area contributed by atoms with Gasteiger partial charge >= 0.3 is 23.9 Å². The number of carbonyl (C=O) groups is 4. The average molecular weight is 321 g/mol. The summed E-state index contributed by atoms with van der Waals surface area (Å²) in [6.07, 6.45) is 1.48. The van der Waals surface area contributed by atoms with Crippen molar-refractivity contribution >= 4 is 34.8 Å². The molecule has 23 heavy (non-hydrogen) atoms. The van der Waals surface area contributed by atoms with Crippen LogP contribution in [0.3, 0.4) is 0 Å². The third-order valence-electron chi connectivity index (χ3n) is 3.37. The van der Waals surface area contributed by atoms with Crippen LogP contribution in [0.4, 0.5) is 0 Å². The van der Waals surface area contributed by atoms with Gasteiger partial charge in [-0.15, -0.1) is 0 Å². The van der Waals surface area contributed by atoms with E-state index in [9.17, 15) is 19.2 Å². The lowest BCUT2D eigenvalue weighted by molar-refractivity contribution is -0.153. The molecule has 9 heteroatoms. The quantitative estimate of drug-likeness (QED) is 0.484. The summed E-state index contributed by atoms with van der Waals surface area (Å²) >= 11 is 0. The standard InChI is InChI=1S/C14H11NO8/c16-11(17)9(12(18)19)6-3-5-1-2-15-8(5)4-7(6)10(13(20)21)14(22)23/h1-4,9-10,15H,(H,16,17)(H,18,19)(H,20,21)(H,22,23). The highest BCUT2D eigenvalue weighted by Crippen LogP contribution is 2.32. The van der Waals surface area contributed by atoms with Gasteiger partial charge in [0.2, 0.25) is 0 Å². The zero-order chi connectivity index (χ0) is 17.3. The Morgan fingerprint density at radius 1 is 0.783 bits per heavy atom. The van der Waals surface area contributed by atoms with Crippen molar-refractivity contribution in [2.75, 3.05) is 0 Å². The highest BCUT2D eigenvalue weighted by molar-refractivity contribution is 6.04. The maximum absolute atomic E-state index is 11.2. The van der Waals surface area contributed by atoms with Crippen LogP contribution in [-0.4, -0.2) is 49.3 Å². The molecule has 1 aromatic carbocycles. The number of aromatic nitrogens is 1. The number of nitrogens with one attached hydrogen (secondary N) is 1. The van der Waals surface area contributed by atoms with Crippen LogP contribution < -0.4 is 0 Å². The Morgan fingerprint density at radius 2 is 1.22 bits per heavy atom. The van der Waals surface area contributed by atoms with E-state index in [0.717, 1.165) is 6.07 Å². The van der Waals surface area contributed by atoms with Crippen molar-refractivity contribution in [3.05, 3.63) is 35.5 Å². The van der Waals surface area contributed by atoms with E-state index in [1.54, 1.807) is 0 Å². The second kappa shape index (κ2) is 5.79. The number of benzene rings is 1. The topological polar surface area (TPSA) is 165 Å². The average Bonchev–Trinajstić information content (AvgIpc) is 2.84. The Bertz CT molecular complexity index is 727. The van der Waals surface area contributed by atoms with Crippen molar-refractivity contribution in [3.8, 4) is 0 Å².